The largest absolute Gasteiger partial charge is 0.494 e. The Bertz CT molecular complexity index is 1400. The Labute approximate surface area is 274 Å². The van der Waals surface area contributed by atoms with Gasteiger partial charge in [0.1, 0.15) is 11.5 Å². The summed E-state index contributed by atoms with van der Waals surface area (Å²) in [7, 11) is 0. The van der Waals surface area contributed by atoms with Gasteiger partial charge >= 0.3 is 0 Å². The minimum absolute atomic E-state index is 0.000221. The van der Waals surface area contributed by atoms with Crippen LogP contribution in [0.5, 0.6) is 11.5 Å². The second kappa shape index (κ2) is 20.4. The van der Waals surface area contributed by atoms with E-state index in [0.29, 0.717) is 24.3 Å². The SMILES string of the molecule is O=C(/C=C/c1cccc(OCCCCCCCCCCCCOc2cccc(/C=C/C(=O)c3ccccc3)c2)c1)c1ccccc1. The molecule has 238 valence electrons. The van der Waals surface area contributed by atoms with Crippen LogP contribution in [0, 0.1) is 0 Å². The molecule has 0 saturated carbocycles. The van der Waals surface area contributed by atoms with Crippen molar-refractivity contribution in [3.05, 3.63) is 144 Å². The molecule has 0 radical (unpaired) electrons. The first-order valence-corrected chi connectivity index (χ1v) is 16.7. The molecular weight excluding hydrogens is 568 g/mol. The van der Waals surface area contributed by atoms with E-state index in [1.165, 1.54) is 51.4 Å². The number of carbonyl (C=O) groups excluding carboxylic acids is 2. The summed E-state index contributed by atoms with van der Waals surface area (Å²) < 4.78 is 11.9. The van der Waals surface area contributed by atoms with E-state index in [2.05, 4.69) is 0 Å². The molecule has 0 atom stereocenters. The summed E-state index contributed by atoms with van der Waals surface area (Å²) in [4.78, 5) is 24.6. The predicted octanol–water partition coefficient (Wildman–Crippen LogP) is 10.8. The minimum atomic E-state index is -0.000221. The second-order valence-corrected chi connectivity index (χ2v) is 11.5. The van der Waals surface area contributed by atoms with E-state index in [1.807, 2.05) is 121 Å². The van der Waals surface area contributed by atoms with Gasteiger partial charge in [0, 0.05) is 11.1 Å². The average Bonchev–Trinajstić information content (AvgIpc) is 3.11. The fraction of sp³-hybridized carbons (Fsp3) is 0.286. The number of hydrogen-bond acceptors (Lipinski definition) is 4. The zero-order valence-electron chi connectivity index (χ0n) is 26.8. The molecule has 0 heterocycles. The minimum Gasteiger partial charge on any atom is -0.494 e. The zero-order valence-corrected chi connectivity index (χ0v) is 26.8. The van der Waals surface area contributed by atoms with Gasteiger partial charge in [0.2, 0.25) is 0 Å². The fourth-order valence-corrected chi connectivity index (χ4v) is 5.16. The summed E-state index contributed by atoms with van der Waals surface area (Å²) in [5.41, 5.74) is 3.30. The van der Waals surface area contributed by atoms with Crippen LogP contribution in [0.15, 0.2) is 121 Å². The summed E-state index contributed by atoms with van der Waals surface area (Å²) in [6, 6.07) is 34.4. The summed E-state index contributed by atoms with van der Waals surface area (Å²) in [5, 5.41) is 0. The third kappa shape index (κ3) is 13.1. The number of ketones is 2. The maximum Gasteiger partial charge on any atom is 0.185 e. The summed E-state index contributed by atoms with van der Waals surface area (Å²) in [6.45, 7) is 1.43. The second-order valence-electron chi connectivity index (χ2n) is 11.5. The van der Waals surface area contributed by atoms with Crippen LogP contribution in [0.25, 0.3) is 12.2 Å². The van der Waals surface area contributed by atoms with Crippen molar-refractivity contribution in [1.82, 2.24) is 0 Å². The Morgan fingerprint density at radius 3 is 1.20 bits per heavy atom. The Morgan fingerprint density at radius 1 is 0.435 bits per heavy atom. The molecular formula is C42H46O4. The van der Waals surface area contributed by atoms with Gasteiger partial charge in [0.05, 0.1) is 13.2 Å². The van der Waals surface area contributed by atoms with Crippen molar-refractivity contribution in [2.24, 2.45) is 0 Å². The van der Waals surface area contributed by atoms with E-state index in [-0.39, 0.29) is 11.6 Å². The van der Waals surface area contributed by atoms with Crippen LogP contribution < -0.4 is 9.47 Å². The van der Waals surface area contributed by atoms with Crippen molar-refractivity contribution in [1.29, 1.82) is 0 Å². The monoisotopic (exact) mass is 614 g/mol. The molecule has 0 aromatic heterocycles. The third-order valence-electron chi connectivity index (χ3n) is 7.76. The predicted molar refractivity (Wildman–Crippen MR) is 190 cm³/mol. The maximum absolute atomic E-state index is 12.3. The lowest BCUT2D eigenvalue weighted by Crippen LogP contribution is -1.98. The molecule has 4 aromatic carbocycles. The van der Waals surface area contributed by atoms with Crippen LogP contribution in [0.2, 0.25) is 0 Å². The number of carbonyl (C=O) groups is 2. The Morgan fingerprint density at radius 2 is 0.804 bits per heavy atom. The lowest BCUT2D eigenvalue weighted by molar-refractivity contribution is 0.103. The fourth-order valence-electron chi connectivity index (χ4n) is 5.16. The molecule has 4 heteroatoms. The molecule has 0 aliphatic rings. The number of hydrogen-bond donors (Lipinski definition) is 0. The van der Waals surface area contributed by atoms with E-state index < -0.39 is 0 Å². The summed E-state index contributed by atoms with van der Waals surface area (Å²) >= 11 is 0. The van der Waals surface area contributed by atoms with Crippen LogP contribution in [0.4, 0.5) is 0 Å². The number of unbranched alkanes of at least 4 members (excludes halogenated alkanes) is 9. The average molecular weight is 615 g/mol. The van der Waals surface area contributed by atoms with Gasteiger partial charge < -0.3 is 9.47 Å². The van der Waals surface area contributed by atoms with Crippen LogP contribution in [0.1, 0.15) is 96.1 Å². The quantitative estimate of drug-likeness (QED) is 0.0532. The van der Waals surface area contributed by atoms with Crippen molar-refractivity contribution < 1.29 is 19.1 Å². The molecule has 0 fully saturated rings. The Kier molecular flexibility index (Phi) is 15.1. The molecule has 0 aliphatic carbocycles. The third-order valence-corrected chi connectivity index (χ3v) is 7.76. The molecule has 0 amide bonds. The van der Waals surface area contributed by atoms with Gasteiger partial charge in [-0.25, -0.2) is 0 Å². The molecule has 46 heavy (non-hydrogen) atoms. The molecule has 0 bridgehead atoms. The van der Waals surface area contributed by atoms with Crippen molar-refractivity contribution in [2.45, 2.75) is 64.2 Å². The number of benzene rings is 4. The summed E-state index contributed by atoms with van der Waals surface area (Å²) in [6.07, 6.45) is 19.0. The van der Waals surface area contributed by atoms with Crippen LogP contribution >= 0.6 is 0 Å². The first-order valence-electron chi connectivity index (χ1n) is 16.7. The number of rotatable bonds is 21. The number of allylic oxidation sites excluding steroid dienone is 2. The van der Waals surface area contributed by atoms with Gasteiger partial charge in [0.15, 0.2) is 11.6 Å². The van der Waals surface area contributed by atoms with Gasteiger partial charge in [-0.15, -0.1) is 0 Å². The molecule has 0 spiro atoms. The van der Waals surface area contributed by atoms with E-state index in [4.69, 9.17) is 9.47 Å². The molecule has 4 nitrogen and oxygen atoms in total. The van der Waals surface area contributed by atoms with E-state index in [0.717, 1.165) is 35.5 Å². The van der Waals surface area contributed by atoms with Crippen LogP contribution in [-0.4, -0.2) is 24.8 Å². The highest BCUT2D eigenvalue weighted by Gasteiger charge is 2.02. The van der Waals surface area contributed by atoms with E-state index in [9.17, 15) is 9.59 Å². The van der Waals surface area contributed by atoms with Gasteiger partial charge in [-0.1, -0.05) is 148 Å². The maximum atomic E-state index is 12.3. The summed E-state index contributed by atoms with van der Waals surface area (Å²) in [5.74, 6) is 1.69. The Hall–Kier alpha value is -4.70. The molecule has 0 aliphatic heterocycles. The van der Waals surface area contributed by atoms with Crippen molar-refractivity contribution in [2.75, 3.05) is 13.2 Å². The lowest BCUT2D eigenvalue weighted by atomic mass is 10.1. The Balaban J connectivity index is 0.971. The molecule has 4 aromatic rings. The molecule has 4 rings (SSSR count). The van der Waals surface area contributed by atoms with Gasteiger partial charge in [-0.3, -0.25) is 9.59 Å². The molecule has 0 saturated heterocycles. The topological polar surface area (TPSA) is 52.6 Å². The standard InChI is InChI=1S/C42H46O4/c43-41(37-21-11-9-12-22-37)29-27-35-19-17-25-39(33-35)45-31-15-7-5-3-1-2-4-6-8-16-32-46-40-26-18-20-36(34-40)28-30-42(44)38-23-13-10-14-24-38/h9-14,17-30,33-34H,1-8,15-16,31-32H2/b29-27+,30-28+. The van der Waals surface area contributed by atoms with Gasteiger partial charge in [0.25, 0.3) is 0 Å². The van der Waals surface area contributed by atoms with Crippen molar-refractivity contribution >= 4 is 23.7 Å². The van der Waals surface area contributed by atoms with E-state index >= 15 is 0 Å². The normalized spacial score (nSPS) is 11.2. The lowest BCUT2D eigenvalue weighted by Gasteiger charge is -2.08. The van der Waals surface area contributed by atoms with Gasteiger partial charge in [-0.05, 0) is 60.4 Å². The van der Waals surface area contributed by atoms with Crippen LogP contribution in [0.3, 0.4) is 0 Å². The van der Waals surface area contributed by atoms with Gasteiger partial charge in [-0.2, -0.15) is 0 Å². The highest BCUT2D eigenvalue weighted by molar-refractivity contribution is 6.07. The highest BCUT2D eigenvalue weighted by Crippen LogP contribution is 2.18. The smallest absolute Gasteiger partial charge is 0.185 e. The zero-order chi connectivity index (χ0) is 32.1. The van der Waals surface area contributed by atoms with Crippen molar-refractivity contribution in [3.8, 4) is 11.5 Å². The highest BCUT2D eigenvalue weighted by atomic mass is 16.5. The first kappa shape index (κ1) is 34.2. The molecule has 0 N–H and O–H groups in total. The van der Waals surface area contributed by atoms with E-state index in [1.54, 1.807) is 12.2 Å². The van der Waals surface area contributed by atoms with Crippen molar-refractivity contribution in [3.63, 3.8) is 0 Å². The molecule has 0 unspecified atom stereocenters. The first-order chi connectivity index (χ1) is 22.7. The van der Waals surface area contributed by atoms with Crippen LogP contribution in [-0.2, 0) is 0 Å². The number of ether oxygens (including phenoxy) is 2.